The van der Waals surface area contributed by atoms with Crippen LogP contribution in [-0.4, -0.2) is 90.1 Å². The van der Waals surface area contributed by atoms with E-state index < -0.39 is 5.92 Å². The minimum Gasteiger partial charge on any atom is -0.381 e. The van der Waals surface area contributed by atoms with E-state index in [1.807, 2.05) is 37.4 Å². The van der Waals surface area contributed by atoms with Crippen molar-refractivity contribution in [1.29, 1.82) is 0 Å². The first-order valence-electron chi connectivity index (χ1n) is 15.8. The van der Waals surface area contributed by atoms with Crippen molar-refractivity contribution in [2.45, 2.75) is 100 Å². The van der Waals surface area contributed by atoms with Gasteiger partial charge in [-0.3, -0.25) is 9.69 Å². The van der Waals surface area contributed by atoms with E-state index in [2.05, 4.69) is 20.0 Å². The van der Waals surface area contributed by atoms with E-state index in [9.17, 15) is 18.4 Å². The fourth-order valence-corrected chi connectivity index (χ4v) is 8.39. The molecule has 4 saturated heterocycles. The number of hydrogen-bond acceptors (Lipinski definition) is 4. The van der Waals surface area contributed by atoms with Gasteiger partial charge in [0.15, 0.2) is 0 Å². The summed E-state index contributed by atoms with van der Waals surface area (Å²) >= 11 is 0. The van der Waals surface area contributed by atoms with Crippen molar-refractivity contribution in [3.8, 4) is 0 Å². The number of carbonyl (C=O) groups is 2. The molecule has 1 N–H and O–H groups in total. The van der Waals surface area contributed by atoms with Crippen LogP contribution in [0.1, 0.15) is 82.2 Å². The van der Waals surface area contributed by atoms with Crippen LogP contribution >= 0.6 is 0 Å². The van der Waals surface area contributed by atoms with Gasteiger partial charge in [-0.25, -0.2) is 13.6 Å². The number of nitrogens with one attached hydrogen (secondary N) is 1. The molecule has 1 aromatic carbocycles. The van der Waals surface area contributed by atoms with Crippen LogP contribution < -0.4 is 5.32 Å². The second-order valence-electron chi connectivity index (χ2n) is 13.4. The third-order valence-corrected chi connectivity index (χ3v) is 10.9. The Kier molecular flexibility index (Phi) is 8.29. The number of halogens is 2. The zero-order valence-electron chi connectivity index (χ0n) is 24.4. The summed E-state index contributed by atoms with van der Waals surface area (Å²) in [5.41, 5.74) is 0.966. The molecule has 0 radical (unpaired) electrons. The van der Waals surface area contributed by atoms with Gasteiger partial charge >= 0.3 is 6.03 Å². The Labute approximate surface area is 242 Å². The van der Waals surface area contributed by atoms with E-state index in [-0.39, 0.29) is 55.1 Å². The molecule has 4 heterocycles. The third kappa shape index (κ3) is 6.12. The summed E-state index contributed by atoms with van der Waals surface area (Å²) in [7, 11) is 2.00. The average molecular weight is 573 g/mol. The molecule has 41 heavy (non-hydrogen) atoms. The molecule has 226 valence electrons. The Morgan fingerprint density at radius 3 is 2.34 bits per heavy atom. The Morgan fingerprint density at radius 2 is 1.68 bits per heavy atom. The van der Waals surface area contributed by atoms with Crippen molar-refractivity contribution < 1.29 is 23.1 Å². The molecule has 3 amide bonds. The largest absolute Gasteiger partial charge is 0.381 e. The summed E-state index contributed by atoms with van der Waals surface area (Å²) in [6.07, 6.45) is 7.21. The number of piperidine rings is 1. The smallest absolute Gasteiger partial charge is 0.320 e. The number of alkyl halides is 2. The molecule has 9 heteroatoms. The van der Waals surface area contributed by atoms with Crippen molar-refractivity contribution in [2.75, 3.05) is 39.9 Å². The quantitative estimate of drug-likeness (QED) is 0.464. The van der Waals surface area contributed by atoms with Crippen LogP contribution in [0.5, 0.6) is 0 Å². The number of hydrogen-bond donors (Lipinski definition) is 1. The molecular weight excluding hydrogens is 526 g/mol. The van der Waals surface area contributed by atoms with E-state index in [4.69, 9.17) is 4.74 Å². The molecule has 1 aromatic rings. The zero-order valence-corrected chi connectivity index (χ0v) is 24.4. The molecule has 7 nitrogen and oxygen atoms in total. The number of benzene rings is 1. The lowest BCUT2D eigenvalue weighted by atomic mass is 9.82. The Bertz CT molecular complexity index is 1060. The lowest BCUT2D eigenvalue weighted by Crippen LogP contribution is -2.57. The average Bonchev–Trinajstić information content (AvgIpc) is 3.35. The van der Waals surface area contributed by atoms with E-state index in [0.29, 0.717) is 18.0 Å². The first-order chi connectivity index (χ1) is 19.7. The van der Waals surface area contributed by atoms with Crippen molar-refractivity contribution >= 4 is 11.9 Å². The molecule has 5 aliphatic rings. The van der Waals surface area contributed by atoms with Crippen molar-refractivity contribution in [1.82, 2.24) is 20.0 Å². The maximum atomic E-state index is 13.7. The number of urea groups is 1. The number of rotatable bonds is 8. The van der Waals surface area contributed by atoms with Gasteiger partial charge < -0.3 is 19.9 Å². The van der Waals surface area contributed by atoms with Crippen LogP contribution in [0, 0.1) is 11.8 Å². The Hall–Kier alpha value is -2.26. The fourth-order valence-electron chi connectivity index (χ4n) is 8.39. The van der Waals surface area contributed by atoms with Gasteiger partial charge in [-0.2, -0.15) is 0 Å². The van der Waals surface area contributed by atoms with Gasteiger partial charge in [0.05, 0.1) is 11.6 Å². The number of likely N-dealkylation sites (N-methyl/N-ethyl adjacent to an activating group) is 1. The highest BCUT2D eigenvalue weighted by molar-refractivity contribution is 5.79. The number of carbonyl (C=O) groups excluding carboxylic acids is 2. The monoisotopic (exact) mass is 572 g/mol. The van der Waals surface area contributed by atoms with Gasteiger partial charge in [-0.05, 0) is 69.3 Å². The molecule has 2 bridgehead atoms. The number of amides is 3. The SMILES string of the molecule is CN1C(=O)N(CC2CCOCC2)CC12CC1CCC(C2)N1CCC(NC(=O)C1CCC(F)(F)CC1)c1ccccc1. The van der Waals surface area contributed by atoms with E-state index in [1.165, 1.54) is 0 Å². The van der Waals surface area contributed by atoms with Crippen molar-refractivity contribution in [2.24, 2.45) is 11.8 Å². The van der Waals surface area contributed by atoms with Crippen LogP contribution in [0.4, 0.5) is 13.6 Å². The predicted octanol–water partition coefficient (Wildman–Crippen LogP) is 5.22. The van der Waals surface area contributed by atoms with Gasteiger partial charge in [0.2, 0.25) is 11.8 Å². The number of nitrogens with zero attached hydrogens (tertiary/aromatic N) is 3. The van der Waals surface area contributed by atoms with Gasteiger partial charge in [0.25, 0.3) is 0 Å². The van der Waals surface area contributed by atoms with Crippen LogP contribution in [0.3, 0.4) is 0 Å². The summed E-state index contributed by atoms with van der Waals surface area (Å²) < 4.78 is 32.9. The number of fused-ring (bicyclic) bond motifs is 2. The molecule has 0 aromatic heterocycles. The zero-order chi connectivity index (χ0) is 28.6. The van der Waals surface area contributed by atoms with Gasteiger partial charge in [0.1, 0.15) is 0 Å². The summed E-state index contributed by atoms with van der Waals surface area (Å²) in [6, 6.07) is 10.9. The number of ether oxygens (including phenoxy) is 1. The van der Waals surface area contributed by atoms with Gasteiger partial charge in [0, 0.05) is 70.7 Å². The minimum atomic E-state index is -2.64. The first-order valence-corrected chi connectivity index (χ1v) is 15.8. The van der Waals surface area contributed by atoms with Crippen molar-refractivity contribution in [3.63, 3.8) is 0 Å². The highest BCUT2D eigenvalue weighted by Crippen LogP contribution is 2.47. The third-order valence-electron chi connectivity index (χ3n) is 10.9. The summed E-state index contributed by atoms with van der Waals surface area (Å²) in [5.74, 6) is -2.54. The first kappa shape index (κ1) is 28.8. The molecule has 5 fully saturated rings. The summed E-state index contributed by atoms with van der Waals surface area (Å²) in [4.78, 5) is 33.3. The highest BCUT2D eigenvalue weighted by atomic mass is 19.3. The minimum absolute atomic E-state index is 0.0920. The fraction of sp³-hybridized carbons (Fsp3) is 0.750. The molecule has 1 spiro atoms. The van der Waals surface area contributed by atoms with E-state index in [1.54, 1.807) is 0 Å². The molecule has 1 saturated carbocycles. The lowest BCUT2D eigenvalue weighted by molar-refractivity contribution is -0.130. The molecule has 3 unspecified atom stereocenters. The Balaban J connectivity index is 1.08. The standard InChI is InChI=1S/C32H46F2N4O3/c1-36-30(40)37(21-23-12-17-41-18-13-23)22-31(36)19-26-7-8-27(20-31)38(26)16-11-28(24-5-3-2-4-6-24)35-29(39)25-9-14-32(33,34)15-10-25/h2-6,23,25-28H,7-22H2,1H3,(H,35,39). The second kappa shape index (κ2) is 11.8. The van der Waals surface area contributed by atoms with E-state index in [0.717, 1.165) is 83.4 Å². The van der Waals surface area contributed by atoms with Crippen LogP contribution in [0.25, 0.3) is 0 Å². The normalized spacial score (nSPS) is 31.6. The highest BCUT2D eigenvalue weighted by Gasteiger charge is 2.56. The second-order valence-corrected chi connectivity index (χ2v) is 13.4. The molecule has 6 rings (SSSR count). The maximum Gasteiger partial charge on any atom is 0.320 e. The maximum absolute atomic E-state index is 13.7. The Morgan fingerprint density at radius 1 is 1.02 bits per heavy atom. The van der Waals surface area contributed by atoms with Crippen LogP contribution in [0.15, 0.2) is 30.3 Å². The molecule has 4 aliphatic heterocycles. The van der Waals surface area contributed by atoms with Crippen LogP contribution in [-0.2, 0) is 9.53 Å². The van der Waals surface area contributed by atoms with E-state index >= 15 is 0 Å². The molecule has 3 atom stereocenters. The predicted molar refractivity (Wildman–Crippen MR) is 153 cm³/mol. The topological polar surface area (TPSA) is 65.1 Å². The molecule has 1 aliphatic carbocycles. The lowest BCUT2D eigenvalue weighted by Gasteiger charge is -2.47. The van der Waals surface area contributed by atoms with Gasteiger partial charge in [-0.15, -0.1) is 0 Å². The summed E-state index contributed by atoms with van der Waals surface area (Å²) in [6.45, 7) is 4.13. The van der Waals surface area contributed by atoms with Crippen LogP contribution in [0.2, 0.25) is 0 Å². The van der Waals surface area contributed by atoms with Crippen molar-refractivity contribution in [3.05, 3.63) is 35.9 Å². The summed E-state index contributed by atoms with van der Waals surface area (Å²) in [5, 5.41) is 3.25. The molecular formula is C32H46F2N4O3. The van der Waals surface area contributed by atoms with Gasteiger partial charge in [-0.1, -0.05) is 30.3 Å².